The summed E-state index contributed by atoms with van der Waals surface area (Å²) in [6, 6.07) is 0. The van der Waals surface area contributed by atoms with E-state index in [1.807, 2.05) is 0 Å². The van der Waals surface area contributed by atoms with Crippen molar-refractivity contribution in [2.45, 2.75) is 116 Å². The van der Waals surface area contributed by atoms with Crippen molar-refractivity contribution in [3.63, 3.8) is 0 Å². The summed E-state index contributed by atoms with van der Waals surface area (Å²) < 4.78 is 1.64. The molecule has 6 heteroatoms. The minimum absolute atomic E-state index is 0.451. The van der Waals surface area contributed by atoms with Gasteiger partial charge in [0.1, 0.15) is 5.92 Å². The Morgan fingerprint density at radius 1 is 0.885 bits per heavy atom. The molecule has 1 N–H and O–H groups in total. The molecule has 26 heavy (non-hydrogen) atoms. The number of aliphatic carboxylic acids is 1. The van der Waals surface area contributed by atoms with Gasteiger partial charge in [-0.15, -0.1) is 5.10 Å². The standard InChI is InChI=1S/C20H38N4O2/c1-3-4-5-6-7-8-9-10-11-12-13-14-15-16-17-24-19(21-22-23-24)18(2)20(25)26/h18H,3-17H2,1-2H3,(H,25,26). The van der Waals surface area contributed by atoms with E-state index in [-0.39, 0.29) is 0 Å². The predicted molar refractivity (Wildman–Crippen MR) is 104 cm³/mol. The molecule has 0 spiro atoms. The molecule has 0 saturated heterocycles. The van der Waals surface area contributed by atoms with Gasteiger partial charge in [-0.3, -0.25) is 4.79 Å². The number of nitrogens with zero attached hydrogens (tertiary/aromatic N) is 4. The normalized spacial score (nSPS) is 12.4. The summed E-state index contributed by atoms with van der Waals surface area (Å²) >= 11 is 0. The van der Waals surface area contributed by atoms with Crippen molar-refractivity contribution in [1.29, 1.82) is 0 Å². The van der Waals surface area contributed by atoms with E-state index in [1.54, 1.807) is 11.6 Å². The number of aromatic nitrogens is 4. The first kappa shape index (κ1) is 22.6. The molecule has 0 aliphatic rings. The molecular weight excluding hydrogens is 328 g/mol. The first-order valence-electron chi connectivity index (χ1n) is 10.7. The van der Waals surface area contributed by atoms with Gasteiger partial charge < -0.3 is 5.11 Å². The fourth-order valence-corrected chi connectivity index (χ4v) is 3.25. The summed E-state index contributed by atoms with van der Waals surface area (Å²) in [5, 5.41) is 20.4. The SMILES string of the molecule is CCCCCCCCCCCCCCCCn1nnnc1C(C)C(=O)O. The Bertz CT molecular complexity index is 476. The quantitative estimate of drug-likeness (QED) is 0.376. The highest BCUT2D eigenvalue weighted by molar-refractivity contribution is 5.74. The molecule has 1 heterocycles. The number of unbranched alkanes of at least 4 members (excludes halogenated alkanes) is 13. The van der Waals surface area contributed by atoms with Crippen LogP contribution in [0.1, 0.15) is 115 Å². The number of rotatable bonds is 17. The molecule has 1 aromatic rings. The molecule has 150 valence electrons. The topological polar surface area (TPSA) is 80.9 Å². The third-order valence-electron chi connectivity index (χ3n) is 5.04. The Kier molecular flexibility index (Phi) is 12.8. The van der Waals surface area contributed by atoms with Gasteiger partial charge in [-0.05, 0) is 23.8 Å². The number of carboxylic acid groups (broad SMARTS) is 1. The van der Waals surface area contributed by atoms with Gasteiger partial charge in [0, 0.05) is 6.54 Å². The molecule has 0 aliphatic heterocycles. The fraction of sp³-hybridized carbons (Fsp3) is 0.900. The van der Waals surface area contributed by atoms with Crippen molar-refractivity contribution < 1.29 is 9.90 Å². The van der Waals surface area contributed by atoms with Gasteiger partial charge in [-0.25, -0.2) is 4.68 Å². The van der Waals surface area contributed by atoms with Crippen molar-refractivity contribution in [2.75, 3.05) is 0 Å². The lowest BCUT2D eigenvalue weighted by Crippen LogP contribution is -2.15. The van der Waals surface area contributed by atoms with Gasteiger partial charge in [0.2, 0.25) is 0 Å². The molecule has 0 bridgehead atoms. The predicted octanol–water partition coefficient (Wildman–Crippen LogP) is 5.34. The first-order valence-corrected chi connectivity index (χ1v) is 10.7. The van der Waals surface area contributed by atoms with E-state index in [0.717, 1.165) is 12.8 Å². The van der Waals surface area contributed by atoms with Crippen LogP contribution in [0.3, 0.4) is 0 Å². The van der Waals surface area contributed by atoms with Crippen LogP contribution in [-0.2, 0) is 11.3 Å². The van der Waals surface area contributed by atoms with Crippen molar-refractivity contribution in [2.24, 2.45) is 0 Å². The van der Waals surface area contributed by atoms with Gasteiger partial charge in [0.15, 0.2) is 5.82 Å². The van der Waals surface area contributed by atoms with E-state index in [4.69, 9.17) is 5.11 Å². The maximum Gasteiger partial charge on any atom is 0.314 e. The maximum atomic E-state index is 11.0. The molecule has 0 aliphatic carbocycles. The van der Waals surface area contributed by atoms with Gasteiger partial charge >= 0.3 is 5.97 Å². The third kappa shape index (κ3) is 9.88. The van der Waals surface area contributed by atoms with E-state index in [0.29, 0.717) is 12.4 Å². The molecule has 1 aromatic heterocycles. The van der Waals surface area contributed by atoms with Crippen molar-refractivity contribution in [3.8, 4) is 0 Å². The zero-order chi connectivity index (χ0) is 19.0. The second kappa shape index (κ2) is 14.7. The van der Waals surface area contributed by atoms with Crippen LogP contribution in [0, 0.1) is 0 Å². The van der Waals surface area contributed by atoms with Crippen molar-refractivity contribution >= 4 is 5.97 Å². The highest BCUT2D eigenvalue weighted by Gasteiger charge is 2.20. The Morgan fingerprint density at radius 3 is 1.81 bits per heavy atom. The minimum Gasteiger partial charge on any atom is -0.481 e. The van der Waals surface area contributed by atoms with E-state index in [1.165, 1.54) is 77.0 Å². The van der Waals surface area contributed by atoms with Crippen LogP contribution in [0.15, 0.2) is 0 Å². The molecule has 1 unspecified atom stereocenters. The smallest absolute Gasteiger partial charge is 0.314 e. The lowest BCUT2D eigenvalue weighted by molar-refractivity contribution is -0.138. The van der Waals surface area contributed by atoms with Crippen LogP contribution in [-0.4, -0.2) is 31.3 Å². The molecule has 1 rings (SSSR count). The van der Waals surface area contributed by atoms with E-state index in [2.05, 4.69) is 22.4 Å². The molecular formula is C20H38N4O2. The highest BCUT2D eigenvalue weighted by atomic mass is 16.4. The average Bonchev–Trinajstić information content (AvgIpc) is 3.09. The Labute approximate surface area is 158 Å². The summed E-state index contributed by atoms with van der Waals surface area (Å²) in [4.78, 5) is 11.0. The summed E-state index contributed by atoms with van der Waals surface area (Å²) in [7, 11) is 0. The average molecular weight is 367 g/mol. The molecule has 0 aromatic carbocycles. The third-order valence-corrected chi connectivity index (χ3v) is 5.04. The molecule has 6 nitrogen and oxygen atoms in total. The molecule has 0 saturated carbocycles. The van der Waals surface area contributed by atoms with Crippen molar-refractivity contribution in [1.82, 2.24) is 20.2 Å². The van der Waals surface area contributed by atoms with Crippen LogP contribution in [0.4, 0.5) is 0 Å². The monoisotopic (exact) mass is 366 g/mol. The van der Waals surface area contributed by atoms with E-state index < -0.39 is 11.9 Å². The first-order chi connectivity index (χ1) is 12.7. The van der Waals surface area contributed by atoms with Crippen LogP contribution in [0.25, 0.3) is 0 Å². The summed E-state index contributed by atoms with van der Waals surface area (Å²) in [5.41, 5.74) is 0. The Balaban J connectivity index is 1.93. The lowest BCUT2D eigenvalue weighted by atomic mass is 10.0. The Morgan fingerprint density at radius 2 is 1.35 bits per heavy atom. The highest BCUT2D eigenvalue weighted by Crippen LogP contribution is 2.14. The van der Waals surface area contributed by atoms with E-state index >= 15 is 0 Å². The number of tetrazole rings is 1. The molecule has 0 radical (unpaired) electrons. The van der Waals surface area contributed by atoms with Gasteiger partial charge in [-0.2, -0.15) is 0 Å². The van der Waals surface area contributed by atoms with Crippen LogP contribution >= 0.6 is 0 Å². The van der Waals surface area contributed by atoms with Gasteiger partial charge in [0.25, 0.3) is 0 Å². The summed E-state index contributed by atoms with van der Waals surface area (Å²) in [6.45, 7) is 4.59. The van der Waals surface area contributed by atoms with Gasteiger partial charge in [-0.1, -0.05) is 90.4 Å². The molecule has 0 fully saturated rings. The van der Waals surface area contributed by atoms with Gasteiger partial charge in [0.05, 0.1) is 0 Å². The zero-order valence-corrected chi connectivity index (χ0v) is 16.8. The Hall–Kier alpha value is -1.46. The number of hydrogen-bond donors (Lipinski definition) is 1. The van der Waals surface area contributed by atoms with E-state index in [9.17, 15) is 4.79 Å². The lowest BCUT2D eigenvalue weighted by Gasteiger charge is -2.07. The van der Waals surface area contributed by atoms with Crippen LogP contribution in [0.2, 0.25) is 0 Å². The summed E-state index contributed by atoms with van der Waals surface area (Å²) in [5.74, 6) is -1.09. The van der Waals surface area contributed by atoms with Crippen LogP contribution < -0.4 is 0 Å². The number of aryl methyl sites for hydroxylation is 1. The maximum absolute atomic E-state index is 11.0. The second-order valence-electron chi connectivity index (χ2n) is 7.42. The summed E-state index contributed by atoms with van der Waals surface area (Å²) in [6.07, 6.45) is 18.6. The molecule has 1 atom stereocenters. The zero-order valence-electron chi connectivity index (χ0n) is 16.8. The minimum atomic E-state index is -0.887. The fourth-order valence-electron chi connectivity index (χ4n) is 3.25. The largest absolute Gasteiger partial charge is 0.481 e. The second-order valence-corrected chi connectivity index (χ2v) is 7.42. The number of carboxylic acids is 1. The molecule has 0 amide bonds. The number of hydrogen-bond acceptors (Lipinski definition) is 4. The van der Waals surface area contributed by atoms with Crippen molar-refractivity contribution in [3.05, 3.63) is 5.82 Å². The number of carbonyl (C=O) groups is 1. The van der Waals surface area contributed by atoms with Crippen LogP contribution in [0.5, 0.6) is 0 Å².